The van der Waals surface area contributed by atoms with Gasteiger partial charge < -0.3 is 5.73 Å². The average Bonchev–Trinajstić information content (AvgIpc) is 2.18. The van der Waals surface area contributed by atoms with Crippen LogP contribution in [0.3, 0.4) is 0 Å². The van der Waals surface area contributed by atoms with E-state index in [-0.39, 0.29) is 15.7 Å². The van der Waals surface area contributed by atoms with E-state index in [1.54, 1.807) is 12.1 Å². The van der Waals surface area contributed by atoms with E-state index >= 15 is 0 Å². The Labute approximate surface area is 109 Å². The molecule has 0 saturated carbocycles. The lowest BCUT2D eigenvalue weighted by Crippen LogP contribution is -2.24. The van der Waals surface area contributed by atoms with Crippen LogP contribution in [-0.4, -0.2) is 22.2 Å². The van der Waals surface area contributed by atoms with E-state index in [1.807, 2.05) is 0 Å². The first-order chi connectivity index (χ1) is 7.63. The summed E-state index contributed by atoms with van der Waals surface area (Å²) in [6.07, 6.45) is 0. The summed E-state index contributed by atoms with van der Waals surface area (Å²) in [4.78, 5) is 0.150. The quantitative estimate of drug-likeness (QED) is 0.685. The number of nitrogens with two attached hydrogens (primary N) is 1. The van der Waals surface area contributed by atoms with Gasteiger partial charge in [0.15, 0.2) is 9.84 Å². The molecule has 0 aliphatic carbocycles. The van der Waals surface area contributed by atoms with Crippen molar-refractivity contribution in [2.45, 2.75) is 30.6 Å². The third-order valence-corrected chi connectivity index (χ3v) is 6.85. The molecule has 0 amide bonds. The minimum absolute atomic E-state index is 0.142. The van der Waals surface area contributed by atoms with Crippen molar-refractivity contribution in [2.75, 3.05) is 11.5 Å². The molecule has 2 N–H and O–H groups in total. The van der Waals surface area contributed by atoms with Crippen LogP contribution in [0.15, 0.2) is 23.1 Å². The van der Waals surface area contributed by atoms with Gasteiger partial charge in [-0.3, -0.25) is 0 Å². The van der Waals surface area contributed by atoms with Crippen LogP contribution in [0.4, 0.5) is 5.69 Å². The topological polar surface area (TPSA) is 60.2 Å². The molecule has 96 valence electrons. The monoisotopic (exact) mass is 291 g/mol. The molecule has 0 aliphatic rings. The molecule has 1 aromatic rings. The fourth-order valence-electron chi connectivity index (χ4n) is 1.32. The van der Waals surface area contributed by atoms with Crippen molar-refractivity contribution in [3.05, 3.63) is 23.2 Å². The number of hydrogen-bond acceptors (Lipinski definition) is 3. The molecule has 0 saturated heterocycles. The number of hydrogen-bond donors (Lipinski definition) is 1. The second-order valence-corrected chi connectivity index (χ2v) is 13.4. The fraction of sp³-hybridized carbons (Fsp3) is 0.455. The number of anilines is 1. The van der Waals surface area contributed by atoms with Gasteiger partial charge in [0, 0.05) is 8.07 Å². The molecule has 6 heteroatoms. The Hall–Kier alpha value is -0.523. The van der Waals surface area contributed by atoms with E-state index in [4.69, 9.17) is 17.3 Å². The minimum atomic E-state index is -3.32. The third-order valence-electron chi connectivity index (χ3n) is 2.45. The first-order valence-electron chi connectivity index (χ1n) is 5.40. The summed E-state index contributed by atoms with van der Waals surface area (Å²) in [5.74, 6) is 0.145. The van der Waals surface area contributed by atoms with Crippen LogP contribution in [0.1, 0.15) is 0 Å². The molecular formula is C11H18ClNO2SSi. The Bertz CT molecular complexity index is 509. The maximum atomic E-state index is 12.1. The zero-order valence-corrected chi connectivity index (χ0v) is 12.9. The lowest BCUT2D eigenvalue weighted by Gasteiger charge is -2.16. The van der Waals surface area contributed by atoms with Gasteiger partial charge in [0.25, 0.3) is 0 Å². The molecule has 0 unspecified atom stereocenters. The Kier molecular flexibility index (Phi) is 4.27. The molecule has 0 fully saturated rings. The minimum Gasteiger partial charge on any atom is -0.397 e. The predicted molar refractivity (Wildman–Crippen MR) is 76.1 cm³/mol. The lowest BCUT2D eigenvalue weighted by molar-refractivity contribution is 0.597. The number of halogens is 1. The van der Waals surface area contributed by atoms with Crippen molar-refractivity contribution >= 4 is 35.2 Å². The summed E-state index contributed by atoms with van der Waals surface area (Å²) < 4.78 is 24.3. The Morgan fingerprint density at radius 1 is 1.29 bits per heavy atom. The molecule has 0 radical (unpaired) electrons. The third kappa shape index (κ3) is 4.01. The molecule has 0 aliphatic heterocycles. The molecule has 1 aromatic carbocycles. The molecule has 17 heavy (non-hydrogen) atoms. The van der Waals surface area contributed by atoms with Crippen molar-refractivity contribution < 1.29 is 8.42 Å². The van der Waals surface area contributed by atoms with Gasteiger partial charge in [-0.15, -0.1) is 0 Å². The van der Waals surface area contributed by atoms with Gasteiger partial charge in [0.1, 0.15) is 0 Å². The highest BCUT2D eigenvalue weighted by atomic mass is 35.5. The van der Waals surface area contributed by atoms with Crippen molar-refractivity contribution in [1.82, 2.24) is 0 Å². The van der Waals surface area contributed by atoms with Crippen LogP contribution in [-0.2, 0) is 9.84 Å². The van der Waals surface area contributed by atoms with E-state index in [9.17, 15) is 8.42 Å². The maximum Gasteiger partial charge on any atom is 0.179 e. The molecule has 3 nitrogen and oxygen atoms in total. The van der Waals surface area contributed by atoms with E-state index in [1.165, 1.54) is 6.07 Å². The van der Waals surface area contributed by atoms with Crippen molar-refractivity contribution in [1.29, 1.82) is 0 Å². The zero-order valence-electron chi connectivity index (χ0n) is 10.3. The highest BCUT2D eigenvalue weighted by Gasteiger charge is 2.23. The summed E-state index contributed by atoms with van der Waals surface area (Å²) in [5, 5.41) is 0.142. The number of benzene rings is 1. The van der Waals surface area contributed by atoms with Gasteiger partial charge in [-0.1, -0.05) is 37.3 Å². The number of nitrogen functional groups attached to an aromatic ring is 1. The fourth-order valence-corrected chi connectivity index (χ4v) is 6.22. The normalized spacial score (nSPS) is 12.7. The van der Waals surface area contributed by atoms with Gasteiger partial charge >= 0.3 is 0 Å². The molecule has 0 atom stereocenters. The summed E-state index contributed by atoms with van der Waals surface area (Å²) >= 11 is 5.93. The lowest BCUT2D eigenvalue weighted by atomic mass is 10.3. The second kappa shape index (κ2) is 5.00. The summed E-state index contributed by atoms with van der Waals surface area (Å²) in [5.41, 5.74) is 5.92. The van der Waals surface area contributed by atoms with Gasteiger partial charge in [-0.2, -0.15) is 0 Å². The predicted octanol–water partition coefficient (Wildman–Crippen LogP) is 3.03. The van der Waals surface area contributed by atoms with Crippen LogP contribution < -0.4 is 5.73 Å². The van der Waals surface area contributed by atoms with Gasteiger partial charge in [0.05, 0.1) is 21.4 Å². The zero-order chi connectivity index (χ0) is 13.3. The average molecular weight is 292 g/mol. The molecular weight excluding hydrogens is 274 g/mol. The second-order valence-electron chi connectivity index (χ2n) is 5.29. The largest absolute Gasteiger partial charge is 0.397 e. The summed E-state index contributed by atoms with van der Waals surface area (Å²) in [6.45, 7) is 6.43. The van der Waals surface area contributed by atoms with Crippen LogP contribution in [0.5, 0.6) is 0 Å². The molecule has 0 bridgehead atoms. The van der Waals surface area contributed by atoms with Crippen molar-refractivity contribution in [2.24, 2.45) is 0 Å². The highest BCUT2D eigenvalue weighted by molar-refractivity contribution is 7.91. The Morgan fingerprint density at radius 3 is 2.41 bits per heavy atom. The van der Waals surface area contributed by atoms with Gasteiger partial charge in [-0.05, 0) is 18.2 Å². The first kappa shape index (κ1) is 14.5. The van der Waals surface area contributed by atoms with E-state index in [0.717, 1.165) is 6.04 Å². The van der Waals surface area contributed by atoms with E-state index < -0.39 is 17.9 Å². The maximum absolute atomic E-state index is 12.1. The van der Waals surface area contributed by atoms with E-state index in [0.29, 0.717) is 5.69 Å². The highest BCUT2D eigenvalue weighted by Crippen LogP contribution is 2.28. The van der Waals surface area contributed by atoms with Crippen LogP contribution >= 0.6 is 11.6 Å². The molecule has 1 rings (SSSR count). The Balaban J connectivity index is 3.02. The summed E-state index contributed by atoms with van der Waals surface area (Å²) in [7, 11) is -4.71. The van der Waals surface area contributed by atoms with E-state index in [2.05, 4.69) is 19.6 Å². The SMILES string of the molecule is C[Si](C)(C)CCS(=O)(=O)c1cccc(N)c1Cl. The van der Waals surface area contributed by atoms with Crippen LogP contribution in [0, 0.1) is 0 Å². The smallest absolute Gasteiger partial charge is 0.179 e. The standard InChI is InChI=1S/C11H18ClNO2SSi/c1-17(2,3)8-7-16(14,15)10-6-4-5-9(13)11(10)12/h4-6H,7-8,13H2,1-3H3. The number of rotatable bonds is 4. The first-order valence-corrected chi connectivity index (χ1v) is 11.1. The molecule has 0 spiro atoms. The van der Waals surface area contributed by atoms with Crippen molar-refractivity contribution in [3.8, 4) is 0 Å². The molecule has 0 heterocycles. The summed E-state index contributed by atoms with van der Waals surface area (Å²) in [6, 6.07) is 5.45. The van der Waals surface area contributed by atoms with Gasteiger partial charge in [-0.25, -0.2) is 8.42 Å². The van der Waals surface area contributed by atoms with Crippen molar-refractivity contribution in [3.63, 3.8) is 0 Å². The van der Waals surface area contributed by atoms with Gasteiger partial charge in [0.2, 0.25) is 0 Å². The molecule has 0 aromatic heterocycles. The number of sulfone groups is 1. The van der Waals surface area contributed by atoms with Crippen LogP contribution in [0.2, 0.25) is 30.7 Å². The Morgan fingerprint density at radius 2 is 1.88 bits per heavy atom. The van der Waals surface area contributed by atoms with Crippen LogP contribution in [0.25, 0.3) is 0 Å².